The molecule has 224 valence electrons. The molecule has 2 aromatic carbocycles. The second kappa shape index (κ2) is 14.0. The molecule has 0 radical (unpaired) electrons. The van der Waals surface area contributed by atoms with E-state index in [-0.39, 0.29) is 18.7 Å². The molecule has 10 nitrogen and oxygen atoms in total. The Bertz CT molecular complexity index is 1200. The van der Waals surface area contributed by atoms with Crippen LogP contribution in [0.3, 0.4) is 0 Å². The van der Waals surface area contributed by atoms with E-state index in [4.69, 9.17) is 4.74 Å². The summed E-state index contributed by atoms with van der Waals surface area (Å²) in [4.78, 5) is 54.5. The van der Waals surface area contributed by atoms with Gasteiger partial charge in [-0.05, 0) is 71.2 Å². The van der Waals surface area contributed by atoms with Crippen molar-refractivity contribution in [2.24, 2.45) is 0 Å². The van der Waals surface area contributed by atoms with Crippen LogP contribution in [0.15, 0.2) is 48.5 Å². The van der Waals surface area contributed by atoms with Crippen LogP contribution in [0, 0.1) is 6.92 Å². The Labute approximate surface area is 242 Å². The van der Waals surface area contributed by atoms with Crippen molar-refractivity contribution in [1.82, 2.24) is 15.5 Å². The minimum Gasteiger partial charge on any atom is -0.508 e. The number of nitrogens with zero attached hydrogens (tertiary/aromatic N) is 1. The average molecular weight is 570 g/mol. The quantitative estimate of drug-likeness (QED) is 0.346. The van der Waals surface area contributed by atoms with Crippen LogP contribution in [-0.4, -0.2) is 64.7 Å². The standard InChI is InChI=1S/C31H43N3O7/c1-9-31(6,7)34(26(22-14-10-20(2)11-15-22)27(37)32-19-25(36)40-8)28(38)24(33-29(39)41-30(3,4)5)18-21-12-16-23(35)17-13-21/h10-17,24,26,35H,9,18-19H2,1-8H3,(H,32,37)(H,33,39). The predicted molar refractivity (Wildman–Crippen MR) is 155 cm³/mol. The van der Waals surface area contributed by atoms with Crippen molar-refractivity contribution in [2.45, 2.75) is 84.5 Å². The predicted octanol–water partition coefficient (Wildman–Crippen LogP) is 4.18. The topological polar surface area (TPSA) is 134 Å². The Morgan fingerprint density at radius 2 is 1.54 bits per heavy atom. The lowest BCUT2D eigenvalue weighted by molar-refractivity contribution is -0.150. The molecule has 0 saturated carbocycles. The van der Waals surface area contributed by atoms with Gasteiger partial charge in [0.05, 0.1) is 7.11 Å². The Balaban J connectivity index is 2.64. The summed E-state index contributed by atoms with van der Waals surface area (Å²) in [5, 5.41) is 15.0. The summed E-state index contributed by atoms with van der Waals surface area (Å²) < 4.78 is 10.1. The number of aromatic hydroxyl groups is 1. The number of esters is 1. The van der Waals surface area contributed by atoms with Crippen LogP contribution < -0.4 is 10.6 Å². The van der Waals surface area contributed by atoms with E-state index in [2.05, 4.69) is 15.4 Å². The maximum Gasteiger partial charge on any atom is 0.408 e. The van der Waals surface area contributed by atoms with E-state index in [9.17, 15) is 24.3 Å². The molecule has 0 aliphatic rings. The summed E-state index contributed by atoms with van der Waals surface area (Å²) in [6.07, 6.45) is -0.242. The summed E-state index contributed by atoms with van der Waals surface area (Å²) in [5.41, 5.74) is 0.503. The van der Waals surface area contributed by atoms with E-state index in [1.54, 1.807) is 45.0 Å². The molecule has 0 aliphatic carbocycles. The highest BCUT2D eigenvalue weighted by molar-refractivity contribution is 5.93. The van der Waals surface area contributed by atoms with E-state index in [0.29, 0.717) is 17.5 Å². The highest BCUT2D eigenvalue weighted by Gasteiger charge is 2.43. The zero-order chi connectivity index (χ0) is 31.0. The third kappa shape index (κ3) is 9.81. The summed E-state index contributed by atoms with van der Waals surface area (Å²) in [6.45, 7) is 12.3. The van der Waals surface area contributed by atoms with Crippen molar-refractivity contribution in [3.05, 3.63) is 65.2 Å². The van der Waals surface area contributed by atoms with Crippen LogP contribution in [-0.2, 0) is 30.3 Å². The lowest BCUT2D eigenvalue weighted by atomic mass is 9.91. The number of amides is 3. The number of nitrogens with one attached hydrogen (secondary N) is 2. The Morgan fingerprint density at radius 3 is 2.05 bits per heavy atom. The van der Waals surface area contributed by atoms with Crippen LogP contribution in [0.1, 0.15) is 70.7 Å². The second-order valence-corrected chi connectivity index (χ2v) is 11.6. The Hall–Kier alpha value is -4.08. The van der Waals surface area contributed by atoms with E-state index in [0.717, 1.165) is 5.56 Å². The van der Waals surface area contributed by atoms with Gasteiger partial charge < -0.3 is 30.1 Å². The minimum absolute atomic E-state index is 0.0622. The van der Waals surface area contributed by atoms with Gasteiger partial charge in [0, 0.05) is 12.0 Å². The molecule has 41 heavy (non-hydrogen) atoms. The number of rotatable bonds is 11. The highest BCUT2D eigenvalue weighted by Crippen LogP contribution is 2.33. The second-order valence-electron chi connectivity index (χ2n) is 11.6. The van der Waals surface area contributed by atoms with Gasteiger partial charge in [-0.2, -0.15) is 0 Å². The highest BCUT2D eigenvalue weighted by atomic mass is 16.6. The molecule has 0 heterocycles. The lowest BCUT2D eigenvalue weighted by Gasteiger charge is -2.44. The molecule has 0 aromatic heterocycles. The molecule has 3 amide bonds. The van der Waals surface area contributed by atoms with Crippen LogP contribution in [0.25, 0.3) is 0 Å². The fraction of sp³-hybridized carbons (Fsp3) is 0.484. The Morgan fingerprint density at radius 1 is 0.951 bits per heavy atom. The fourth-order valence-electron chi connectivity index (χ4n) is 4.13. The number of phenolic OH excluding ortho intramolecular Hbond substituents is 1. The van der Waals surface area contributed by atoms with Gasteiger partial charge in [0.2, 0.25) is 11.8 Å². The first-order valence-electron chi connectivity index (χ1n) is 13.6. The van der Waals surface area contributed by atoms with Gasteiger partial charge in [0.25, 0.3) is 0 Å². The van der Waals surface area contributed by atoms with Gasteiger partial charge in [0.15, 0.2) is 0 Å². The van der Waals surface area contributed by atoms with Crippen molar-refractivity contribution in [2.75, 3.05) is 13.7 Å². The molecule has 2 atom stereocenters. The molecule has 0 bridgehead atoms. The number of hydrogen-bond acceptors (Lipinski definition) is 7. The fourth-order valence-corrected chi connectivity index (χ4v) is 4.13. The lowest BCUT2D eigenvalue weighted by Crippen LogP contribution is -2.60. The molecule has 0 aliphatic heterocycles. The molecule has 0 spiro atoms. The SMILES string of the molecule is CCC(C)(C)N(C(=O)C(Cc1ccc(O)cc1)NC(=O)OC(C)(C)C)C(C(=O)NCC(=O)OC)c1ccc(C)cc1. The van der Waals surface area contributed by atoms with Gasteiger partial charge >= 0.3 is 12.1 Å². The number of carbonyl (C=O) groups is 4. The maximum atomic E-state index is 14.5. The average Bonchev–Trinajstić information content (AvgIpc) is 2.90. The van der Waals surface area contributed by atoms with Gasteiger partial charge in [-0.3, -0.25) is 14.4 Å². The normalized spacial score (nSPS) is 13.0. The van der Waals surface area contributed by atoms with Gasteiger partial charge in [-0.15, -0.1) is 0 Å². The van der Waals surface area contributed by atoms with Crippen LogP contribution in [0.2, 0.25) is 0 Å². The first-order valence-corrected chi connectivity index (χ1v) is 13.6. The summed E-state index contributed by atoms with van der Waals surface area (Å²) in [6, 6.07) is 11.2. The molecule has 2 unspecified atom stereocenters. The molecular weight excluding hydrogens is 526 g/mol. The van der Waals surface area contributed by atoms with E-state index < -0.39 is 47.1 Å². The summed E-state index contributed by atoms with van der Waals surface area (Å²) in [5.74, 6) is -1.66. The smallest absolute Gasteiger partial charge is 0.408 e. The molecule has 10 heteroatoms. The monoisotopic (exact) mass is 569 g/mol. The maximum absolute atomic E-state index is 14.5. The number of hydrogen-bond donors (Lipinski definition) is 3. The number of aryl methyl sites for hydroxylation is 1. The third-order valence-corrected chi connectivity index (χ3v) is 6.65. The molecule has 2 aromatic rings. The van der Waals surface area contributed by atoms with Crippen molar-refractivity contribution >= 4 is 23.9 Å². The van der Waals surface area contributed by atoms with Crippen molar-refractivity contribution < 1.29 is 33.8 Å². The number of alkyl carbamates (subject to hydrolysis) is 1. The Kier molecular flexibility index (Phi) is 11.3. The number of phenols is 1. The first-order chi connectivity index (χ1) is 19.1. The minimum atomic E-state index is -1.13. The number of carbonyl (C=O) groups excluding carboxylic acids is 4. The molecule has 0 saturated heterocycles. The molecule has 3 N–H and O–H groups in total. The van der Waals surface area contributed by atoms with Crippen LogP contribution in [0.5, 0.6) is 5.75 Å². The zero-order valence-electron chi connectivity index (χ0n) is 25.2. The summed E-state index contributed by atoms with van der Waals surface area (Å²) >= 11 is 0. The molecular formula is C31H43N3O7. The van der Waals surface area contributed by atoms with Crippen molar-refractivity contribution in [3.63, 3.8) is 0 Å². The van der Waals surface area contributed by atoms with Gasteiger partial charge in [-0.1, -0.05) is 48.9 Å². The molecule has 2 rings (SSSR count). The third-order valence-electron chi connectivity index (χ3n) is 6.65. The van der Waals surface area contributed by atoms with E-state index in [1.807, 2.05) is 39.8 Å². The van der Waals surface area contributed by atoms with Gasteiger partial charge in [-0.25, -0.2) is 4.79 Å². The number of methoxy groups -OCH3 is 1. The van der Waals surface area contributed by atoms with Crippen LogP contribution in [0.4, 0.5) is 4.79 Å². The zero-order valence-corrected chi connectivity index (χ0v) is 25.2. The first kappa shape index (κ1) is 33.1. The number of ether oxygens (including phenoxy) is 2. The largest absolute Gasteiger partial charge is 0.508 e. The van der Waals surface area contributed by atoms with Crippen LogP contribution >= 0.6 is 0 Å². The van der Waals surface area contributed by atoms with Crippen molar-refractivity contribution in [1.29, 1.82) is 0 Å². The summed E-state index contributed by atoms with van der Waals surface area (Å²) in [7, 11) is 1.22. The van der Waals surface area contributed by atoms with E-state index >= 15 is 0 Å². The van der Waals surface area contributed by atoms with Crippen molar-refractivity contribution in [3.8, 4) is 5.75 Å². The molecule has 0 fully saturated rings. The van der Waals surface area contributed by atoms with E-state index in [1.165, 1.54) is 24.1 Å². The van der Waals surface area contributed by atoms with Gasteiger partial charge in [0.1, 0.15) is 30.0 Å². The number of benzene rings is 2.